The van der Waals surface area contributed by atoms with E-state index in [0.29, 0.717) is 26.3 Å². The Kier molecular flexibility index (Phi) is 6.47. The highest BCUT2D eigenvalue weighted by molar-refractivity contribution is 5.93. The van der Waals surface area contributed by atoms with E-state index >= 15 is 0 Å². The summed E-state index contributed by atoms with van der Waals surface area (Å²) in [5.41, 5.74) is 2.03. The van der Waals surface area contributed by atoms with Crippen LogP contribution in [0.15, 0.2) is 48.7 Å². The summed E-state index contributed by atoms with van der Waals surface area (Å²) in [5.74, 6) is 0.0895. The molecule has 1 aliphatic heterocycles. The highest BCUT2D eigenvalue weighted by Crippen LogP contribution is 2.21. The quantitative estimate of drug-likeness (QED) is 0.648. The van der Waals surface area contributed by atoms with Gasteiger partial charge in [-0.05, 0) is 37.5 Å². The molecule has 5 nitrogen and oxygen atoms in total. The van der Waals surface area contributed by atoms with Crippen LogP contribution in [0, 0.1) is 0 Å². The molecular weight excluding hydrogens is 328 g/mol. The number of benzene rings is 1. The van der Waals surface area contributed by atoms with Gasteiger partial charge in [0.25, 0.3) is 5.91 Å². The SMILES string of the molecule is COCCCOC1CN(C(=O)c2cccn2[C@H](C)Cc2ccccc2)C1. The molecule has 0 bridgehead atoms. The lowest BCUT2D eigenvalue weighted by atomic mass is 10.1. The van der Waals surface area contributed by atoms with Crippen LogP contribution in [-0.2, 0) is 15.9 Å². The highest BCUT2D eigenvalue weighted by Gasteiger charge is 2.33. The van der Waals surface area contributed by atoms with Gasteiger partial charge in [0, 0.05) is 45.7 Å². The first kappa shape index (κ1) is 18.7. The van der Waals surface area contributed by atoms with Crippen molar-refractivity contribution >= 4 is 5.91 Å². The van der Waals surface area contributed by atoms with Gasteiger partial charge in [0.2, 0.25) is 0 Å². The third kappa shape index (κ3) is 4.54. The maximum absolute atomic E-state index is 12.8. The number of nitrogens with zero attached hydrogens (tertiary/aromatic N) is 2. The van der Waals surface area contributed by atoms with E-state index in [0.717, 1.165) is 18.5 Å². The van der Waals surface area contributed by atoms with E-state index in [9.17, 15) is 4.79 Å². The summed E-state index contributed by atoms with van der Waals surface area (Å²) in [7, 11) is 1.69. The van der Waals surface area contributed by atoms with E-state index in [2.05, 4.69) is 35.8 Å². The number of amides is 1. The molecule has 1 amide bonds. The maximum Gasteiger partial charge on any atom is 0.270 e. The number of rotatable bonds is 9. The molecule has 5 heteroatoms. The van der Waals surface area contributed by atoms with Crippen molar-refractivity contribution in [1.82, 2.24) is 9.47 Å². The van der Waals surface area contributed by atoms with E-state index in [1.54, 1.807) is 7.11 Å². The van der Waals surface area contributed by atoms with Crippen LogP contribution >= 0.6 is 0 Å². The average molecular weight is 356 g/mol. The van der Waals surface area contributed by atoms with Crippen molar-refractivity contribution < 1.29 is 14.3 Å². The molecule has 3 rings (SSSR count). The largest absolute Gasteiger partial charge is 0.385 e. The Balaban J connectivity index is 1.53. The Bertz CT molecular complexity index is 692. The number of ether oxygens (including phenoxy) is 2. The predicted octanol–water partition coefficient (Wildman–Crippen LogP) is 3.17. The fourth-order valence-electron chi connectivity index (χ4n) is 3.34. The topological polar surface area (TPSA) is 43.7 Å². The Morgan fingerprint density at radius 3 is 2.65 bits per heavy atom. The van der Waals surface area contributed by atoms with E-state index in [-0.39, 0.29) is 18.1 Å². The smallest absolute Gasteiger partial charge is 0.270 e. The van der Waals surface area contributed by atoms with E-state index < -0.39 is 0 Å². The first-order valence-electron chi connectivity index (χ1n) is 9.29. The van der Waals surface area contributed by atoms with Gasteiger partial charge < -0.3 is 18.9 Å². The molecule has 0 radical (unpaired) electrons. The van der Waals surface area contributed by atoms with Gasteiger partial charge >= 0.3 is 0 Å². The molecule has 1 aromatic carbocycles. The fourth-order valence-corrected chi connectivity index (χ4v) is 3.34. The number of aromatic nitrogens is 1. The van der Waals surface area contributed by atoms with Crippen molar-refractivity contribution in [2.24, 2.45) is 0 Å². The normalized spacial score (nSPS) is 15.7. The van der Waals surface area contributed by atoms with Gasteiger partial charge in [0.1, 0.15) is 5.69 Å². The van der Waals surface area contributed by atoms with Crippen molar-refractivity contribution in [1.29, 1.82) is 0 Å². The Morgan fingerprint density at radius 2 is 1.92 bits per heavy atom. The van der Waals surface area contributed by atoms with Gasteiger partial charge in [-0.25, -0.2) is 0 Å². The summed E-state index contributed by atoms with van der Waals surface area (Å²) in [5, 5.41) is 0. The molecule has 26 heavy (non-hydrogen) atoms. The average Bonchev–Trinajstić information content (AvgIpc) is 3.10. The van der Waals surface area contributed by atoms with Crippen LogP contribution < -0.4 is 0 Å². The van der Waals surface area contributed by atoms with Gasteiger partial charge in [0.15, 0.2) is 0 Å². The first-order chi connectivity index (χ1) is 12.7. The van der Waals surface area contributed by atoms with Gasteiger partial charge in [-0.2, -0.15) is 0 Å². The maximum atomic E-state index is 12.8. The first-order valence-corrected chi connectivity index (χ1v) is 9.29. The van der Waals surface area contributed by atoms with Crippen molar-refractivity contribution in [3.8, 4) is 0 Å². The molecule has 1 saturated heterocycles. The molecule has 0 unspecified atom stereocenters. The van der Waals surface area contributed by atoms with Gasteiger partial charge in [-0.15, -0.1) is 0 Å². The summed E-state index contributed by atoms with van der Waals surface area (Å²) in [6.07, 6.45) is 3.95. The van der Waals surface area contributed by atoms with Crippen molar-refractivity contribution in [2.45, 2.75) is 31.9 Å². The van der Waals surface area contributed by atoms with E-state index in [1.165, 1.54) is 5.56 Å². The lowest BCUT2D eigenvalue weighted by molar-refractivity contribution is -0.0468. The lowest BCUT2D eigenvalue weighted by Crippen LogP contribution is -2.55. The van der Waals surface area contributed by atoms with Crippen LogP contribution in [0.5, 0.6) is 0 Å². The number of methoxy groups -OCH3 is 1. The Hall–Kier alpha value is -2.11. The van der Waals surface area contributed by atoms with Crippen LogP contribution in [0.3, 0.4) is 0 Å². The van der Waals surface area contributed by atoms with Crippen LogP contribution in [0.25, 0.3) is 0 Å². The Morgan fingerprint density at radius 1 is 1.15 bits per heavy atom. The van der Waals surface area contributed by atoms with Gasteiger partial charge in [-0.3, -0.25) is 4.79 Å². The molecule has 1 fully saturated rings. The molecule has 2 heterocycles. The number of carbonyl (C=O) groups excluding carboxylic acids is 1. The van der Waals surface area contributed by atoms with Gasteiger partial charge in [0.05, 0.1) is 6.10 Å². The summed E-state index contributed by atoms with van der Waals surface area (Å²) in [4.78, 5) is 14.7. The molecule has 0 spiro atoms. The van der Waals surface area contributed by atoms with Crippen molar-refractivity contribution in [3.63, 3.8) is 0 Å². The summed E-state index contributed by atoms with van der Waals surface area (Å²) in [6.45, 7) is 4.89. The van der Waals surface area contributed by atoms with Crippen LogP contribution in [0.1, 0.15) is 35.4 Å². The third-order valence-corrected chi connectivity index (χ3v) is 4.83. The standard InChI is InChI=1S/C21H28N2O3/c1-17(14-18-8-4-3-5-9-18)23-11-6-10-20(23)21(24)22-15-19(16-22)26-13-7-12-25-2/h3-6,8-11,17,19H,7,12-16H2,1-2H3/t17-/m1/s1. The third-order valence-electron chi connectivity index (χ3n) is 4.83. The molecule has 2 aromatic rings. The zero-order valence-corrected chi connectivity index (χ0v) is 15.6. The summed E-state index contributed by atoms with van der Waals surface area (Å²) in [6, 6.07) is 14.5. The minimum absolute atomic E-state index is 0.0895. The van der Waals surface area contributed by atoms with Gasteiger partial charge in [-0.1, -0.05) is 30.3 Å². The highest BCUT2D eigenvalue weighted by atomic mass is 16.5. The Labute approximate surface area is 155 Å². The van der Waals surface area contributed by atoms with Crippen LogP contribution in [0.2, 0.25) is 0 Å². The molecule has 0 saturated carbocycles. The second kappa shape index (κ2) is 9.01. The second-order valence-corrected chi connectivity index (χ2v) is 6.89. The van der Waals surface area contributed by atoms with Crippen LogP contribution in [0.4, 0.5) is 0 Å². The molecular formula is C21H28N2O3. The summed E-state index contributed by atoms with van der Waals surface area (Å²) >= 11 is 0. The molecule has 1 aliphatic rings. The minimum Gasteiger partial charge on any atom is -0.385 e. The van der Waals surface area contributed by atoms with E-state index in [1.807, 2.05) is 29.3 Å². The predicted molar refractivity (Wildman–Crippen MR) is 101 cm³/mol. The number of hydrogen-bond acceptors (Lipinski definition) is 3. The number of hydrogen-bond donors (Lipinski definition) is 0. The van der Waals surface area contributed by atoms with Crippen molar-refractivity contribution in [2.75, 3.05) is 33.4 Å². The minimum atomic E-state index is 0.0895. The molecule has 0 aliphatic carbocycles. The monoisotopic (exact) mass is 356 g/mol. The van der Waals surface area contributed by atoms with Crippen LogP contribution in [-0.4, -0.2) is 54.9 Å². The second-order valence-electron chi connectivity index (χ2n) is 6.89. The lowest BCUT2D eigenvalue weighted by Gasteiger charge is -2.39. The number of likely N-dealkylation sites (tertiary alicyclic amines) is 1. The molecule has 1 atom stereocenters. The van der Waals surface area contributed by atoms with E-state index in [4.69, 9.17) is 9.47 Å². The fraction of sp³-hybridized carbons (Fsp3) is 0.476. The zero-order valence-electron chi connectivity index (χ0n) is 15.6. The molecule has 1 aromatic heterocycles. The van der Waals surface area contributed by atoms with Crippen molar-refractivity contribution in [3.05, 3.63) is 59.9 Å². The summed E-state index contributed by atoms with van der Waals surface area (Å²) < 4.78 is 12.9. The zero-order chi connectivity index (χ0) is 18.4. The number of carbonyl (C=O) groups is 1. The molecule has 0 N–H and O–H groups in total. The molecule has 140 valence electrons.